The van der Waals surface area contributed by atoms with Crippen LogP contribution in [-0.2, 0) is 11.3 Å². The van der Waals surface area contributed by atoms with Crippen LogP contribution in [-0.4, -0.2) is 13.2 Å². The normalized spacial score (nSPS) is 14.7. The summed E-state index contributed by atoms with van der Waals surface area (Å²) < 4.78 is 17.0. The van der Waals surface area contributed by atoms with Crippen molar-refractivity contribution >= 4 is 5.69 Å². The first-order valence-electron chi connectivity index (χ1n) is 7.08. The molecule has 0 radical (unpaired) electrons. The molecule has 0 saturated heterocycles. The van der Waals surface area contributed by atoms with E-state index in [1.165, 1.54) is 0 Å². The topological polar surface area (TPSA) is 53.7 Å². The molecule has 4 nitrogen and oxygen atoms in total. The number of hydrogen-bond acceptors (Lipinski definition) is 4. The summed E-state index contributed by atoms with van der Waals surface area (Å²) in [6.07, 6.45) is 0.0128. The minimum atomic E-state index is 0.0128. The molecule has 2 aromatic rings. The lowest BCUT2D eigenvalue weighted by Crippen LogP contribution is -2.16. The Kier molecular flexibility index (Phi) is 3.97. The minimum Gasteiger partial charge on any atom is -0.486 e. The molecule has 0 spiro atoms. The second kappa shape index (κ2) is 6.06. The Morgan fingerprint density at radius 1 is 1.10 bits per heavy atom. The average Bonchev–Trinajstić information content (AvgIpc) is 2.53. The Balaban J connectivity index is 1.70. The van der Waals surface area contributed by atoms with Crippen LogP contribution in [0.25, 0.3) is 0 Å². The zero-order valence-electron chi connectivity index (χ0n) is 12.0. The van der Waals surface area contributed by atoms with Gasteiger partial charge >= 0.3 is 0 Å². The van der Waals surface area contributed by atoms with Crippen molar-refractivity contribution in [3.05, 3.63) is 53.6 Å². The molecule has 110 valence electrons. The zero-order valence-corrected chi connectivity index (χ0v) is 12.0. The SMILES string of the molecule is CC(OCc1cc2c(cc1N)OCCO2)c1ccccc1. The second-order valence-corrected chi connectivity index (χ2v) is 5.06. The van der Waals surface area contributed by atoms with Crippen LogP contribution in [0, 0.1) is 0 Å². The summed E-state index contributed by atoms with van der Waals surface area (Å²) in [5.74, 6) is 1.44. The molecule has 3 rings (SSSR count). The van der Waals surface area contributed by atoms with Crippen LogP contribution in [0.2, 0.25) is 0 Å². The molecule has 0 fully saturated rings. The molecular weight excluding hydrogens is 266 g/mol. The van der Waals surface area contributed by atoms with E-state index in [9.17, 15) is 0 Å². The van der Waals surface area contributed by atoms with E-state index in [0.29, 0.717) is 31.3 Å². The Bertz CT molecular complexity index is 613. The first-order chi connectivity index (χ1) is 10.2. The van der Waals surface area contributed by atoms with Gasteiger partial charge in [-0.15, -0.1) is 0 Å². The van der Waals surface area contributed by atoms with Gasteiger partial charge in [-0.05, 0) is 18.6 Å². The predicted molar refractivity (Wildman–Crippen MR) is 81.5 cm³/mol. The molecule has 0 bridgehead atoms. The molecule has 0 aromatic heterocycles. The van der Waals surface area contributed by atoms with Gasteiger partial charge in [-0.2, -0.15) is 0 Å². The van der Waals surface area contributed by atoms with Crippen molar-refractivity contribution < 1.29 is 14.2 Å². The molecule has 1 aliphatic heterocycles. The lowest BCUT2D eigenvalue weighted by molar-refractivity contribution is 0.0526. The fraction of sp³-hybridized carbons (Fsp3) is 0.294. The highest BCUT2D eigenvalue weighted by molar-refractivity contribution is 5.58. The Labute approximate surface area is 124 Å². The Morgan fingerprint density at radius 2 is 1.76 bits per heavy atom. The van der Waals surface area contributed by atoms with Crippen molar-refractivity contribution in [2.24, 2.45) is 0 Å². The van der Waals surface area contributed by atoms with Gasteiger partial charge in [0.2, 0.25) is 0 Å². The molecule has 0 aliphatic carbocycles. The van der Waals surface area contributed by atoms with Gasteiger partial charge in [-0.25, -0.2) is 0 Å². The number of ether oxygens (including phenoxy) is 3. The number of benzene rings is 2. The molecule has 0 amide bonds. The average molecular weight is 285 g/mol. The van der Waals surface area contributed by atoms with Crippen LogP contribution in [0.1, 0.15) is 24.2 Å². The molecule has 2 aromatic carbocycles. The minimum absolute atomic E-state index is 0.0128. The van der Waals surface area contributed by atoms with Crippen molar-refractivity contribution in [1.29, 1.82) is 0 Å². The molecule has 1 atom stereocenters. The highest BCUT2D eigenvalue weighted by Gasteiger charge is 2.15. The summed E-state index contributed by atoms with van der Waals surface area (Å²) in [5, 5.41) is 0. The van der Waals surface area contributed by atoms with E-state index in [1.807, 2.05) is 31.2 Å². The number of nitrogens with two attached hydrogens (primary N) is 1. The maximum atomic E-state index is 6.05. The monoisotopic (exact) mass is 285 g/mol. The van der Waals surface area contributed by atoms with Gasteiger partial charge in [-0.3, -0.25) is 0 Å². The Morgan fingerprint density at radius 3 is 2.48 bits per heavy atom. The lowest BCUT2D eigenvalue weighted by atomic mass is 10.1. The van der Waals surface area contributed by atoms with Gasteiger partial charge in [0.05, 0.1) is 12.7 Å². The van der Waals surface area contributed by atoms with E-state index in [4.69, 9.17) is 19.9 Å². The van der Waals surface area contributed by atoms with Crippen LogP contribution in [0.15, 0.2) is 42.5 Å². The molecule has 1 unspecified atom stereocenters. The summed E-state index contributed by atoms with van der Waals surface area (Å²) in [6.45, 7) is 3.60. The van der Waals surface area contributed by atoms with Gasteiger partial charge in [0.1, 0.15) is 13.2 Å². The maximum Gasteiger partial charge on any atom is 0.163 e. The third-order valence-electron chi connectivity index (χ3n) is 3.56. The van der Waals surface area contributed by atoms with Crippen molar-refractivity contribution in [3.8, 4) is 11.5 Å². The maximum absolute atomic E-state index is 6.05. The number of nitrogen functional groups attached to an aromatic ring is 1. The van der Waals surface area contributed by atoms with Crippen LogP contribution in [0.3, 0.4) is 0 Å². The van der Waals surface area contributed by atoms with E-state index in [-0.39, 0.29) is 6.10 Å². The van der Waals surface area contributed by atoms with Crippen molar-refractivity contribution in [2.45, 2.75) is 19.6 Å². The van der Waals surface area contributed by atoms with Gasteiger partial charge < -0.3 is 19.9 Å². The fourth-order valence-corrected chi connectivity index (χ4v) is 2.31. The summed E-state index contributed by atoms with van der Waals surface area (Å²) >= 11 is 0. The molecule has 2 N–H and O–H groups in total. The Hall–Kier alpha value is -2.20. The molecule has 0 saturated carbocycles. The summed E-state index contributed by atoms with van der Waals surface area (Å²) in [7, 11) is 0. The highest BCUT2D eigenvalue weighted by Crippen LogP contribution is 2.35. The molecule has 1 heterocycles. The third-order valence-corrected chi connectivity index (χ3v) is 3.56. The van der Waals surface area contributed by atoms with Gasteiger partial charge in [0.25, 0.3) is 0 Å². The summed E-state index contributed by atoms with van der Waals surface area (Å²) in [5.41, 5.74) is 8.79. The van der Waals surface area contributed by atoms with Gasteiger partial charge in [-0.1, -0.05) is 30.3 Å². The largest absolute Gasteiger partial charge is 0.486 e. The van der Waals surface area contributed by atoms with Crippen LogP contribution in [0.4, 0.5) is 5.69 Å². The summed E-state index contributed by atoms with van der Waals surface area (Å²) in [4.78, 5) is 0. The second-order valence-electron chi connectivity index (χ2n) is 5.06. The summed E-state index contributed by atoms with van der Waals surface area (Å²) in [6, 6.07) is 13.8. The van der Waals surface area contributed by atoms with Crippen LogP contribution >= 0.6 is 0 Å². The number of anilines is 1. The number of rotatable bonds is 4. The first kappa shape index (κ1) is 13.8. The smallest absolute Gasteiger partial charge is 0.163 e. The quantitative estimate of drug-likeness (QED) is 0.876. The van der Waals surface area contributed by atoms with Crippen molar-refractivity contribution in [3.63, 3.8) is 0 Å². The molecule has 1 aliphatic rings. The lowest BCUT2D eigenvalue weighted by Gasteiger charge is -2.21. The van der Waals surface area contributed by atoms with E-state index in [0.717, 1.165) is 16.9 Å². The zero-order chi connectivity index (χ0) is 14.7. The third kappa shape index (κ3) is 3.11. The van der Waals surface area contributed by atoms with Crippen molar-refractivity contribution in [1.82, 2.24) is 0 Å². The van der Waals surface area contributed by atoms with Gasteiger partial charge in [0, 0.05) is 17.3 Å². The van der Waals surface area contributed by atoms with E-state index >= 15 is 0 Å². The number of fused-ring (bicyclic) bond motifs is 1. The van der Waals surface area contributed by atoms with E-state index < -0.39 is 0 Å². The highest BCUT2D eigenvalue weighted by atomic mass is 16.6. The van der Waals surface area contributed by atoms with E-state index in [1.54, 1.807) is 6.07 Å². The van der Waals surface area contributed by atoms with Crippen molar-refractivity contribution in [2.75, 3.05) is 18.9 Å². The molecular formula is C17H19NO3. The standard InChI is InChI=1S/C17H19NO3/c1-12(13-5-3-2-4-6-13)21-11-14-9-16-17(10-15(14)18)20-8-7-19-16/h2-6,9-10,12H,7-8,11,18H2,1H3. The molecule has 21 heavy (non-hydrogen) atoms. The van der Waals surface area contributed by atoms with Crippen LogP contribution < -0.4 is 15.2 Å². The predicted octanol–water partition coefficient (Wildman–Crippen LogP) is 3.32. The molecule has 4 heteroatoms. The van der Waals surface area contributed by atoms with E-state index in [2.05, 4.69) is 12.1 Å². The fourth-order valence-electron chi connectivity index (χ4n) is 2.31. The number of hydrogen-bond donors (Lipinski definition) is 1. The van der Waals surface area contributed by atoms with Gasteiger partial charge in [0.15, 0.2) is 11.5 Å². The van der Waals surface area contributed by atoms with Crippen LogP contribution in [0.5, 0.6) is 11.5 Å². The first-order valence-corrected chi connectivity index (χ1v) is 7.08.